The number of aliphatic hydroxyl groups excluding tert-OH is 2. The second kappa shape index (κ2) is 6.86. The van der Waals surface area contributed by atoms with E-state index in [4.69, 9.17) is 4.43 Å². The molecule has 0 aromatic rings. The fraction of sp³-hybridized carbons (Fsp3) is 1.00. The van der Waals surface area contributed by atoms with E-state index in [1.165, 1.54) is 12.8 Å². The highest BCUT2D eigenvalue weighted by atomic mass is 28.4. The van der Waals surface area contributed by atoms with Gasteiger partial charge in [-0.05, 0) is 66.0 Å². The molecule has 0 spiro atoms. The summed E-state index contributed by atoms with van der Waals surface area (Å²) >= 11 is 0. The molecule has 0 aliphatic heterocycles. The highest BCUT2D eigenvalue weighted by molar-refractivity contribution is 6.74. The summed E-state index contributed by atoms with van der Waals surface area (Å²) in [5.74, 6) is 0.514. The van der Waals surface area contributed by atoms with Gasteiger partial charge in [0.1, 0.15) is 0 Å². The third-order valence-electron chi connectivity index (χ3n) is 9.11. The van der Waals surface area contributed by atoms with E-state index >= 15 is 0 Å². The predicted molar refractivity (Wildman–Crippen MR) is 112 cm³/mol. The summed E-state index contributed by atoms with van der Waals surface area (Å²) in [7, 11) is -1.82. The molecule has 0 radical (unpaired) electrons. The van der Waals surface area contributed by atoms with E-state index in [1.807, 2.05) is 0 Å². The molecule has 0 aromatic heterocycles. The monoisotopic (exact) mass is 384 g/mol. The third kappa shape index (κ3) is 3.44. The lowest BCUT2D eigenvalue weighted by atomic mass is 9.55. The lowest BCUT2D eigenvalue weighted by Crippen LogP contribution is -2.47. The molecule has 0 saturated heterocycles. The molecule has 26 heavy (non-hydrogen) atoms. The Kier molecular flexibility index (Phi) is 5.90. The predicted octanol–water partition coefficient (Wildman–Crippen LogP) is 5.36. The van der Waals surface area contributed by atoms with Crippen LogP contribution in [0.1, 0.15) is 80.6 Å². The largest absolute Gasteiger partial charge is 0.414 e. The van der Waals surface area contributed by atoms with Gasteiger partial charge in [-0.3, -0.25) is 0 Å². The Labute approximate surface area is 163 Å². The first kappa shape index (κ1) is 22.4. The van der Waals surface area contributed by atoms with Gasteiger partial charge >= 0.3 is 0 Å². The lowest BCUT2D eigenvalue weighted by Gasteiger charge is -2.50. The van der Waals surface area contributed by atoms with Crippen molar-refractivity contribution < 1.29 is 14.6 Å². The van der Waals surface area contributed by atoms with E-state index in [1.54, 1.807) is 0 Å². The van der Waals surface area contributed by atoms with Crippen molar-refractivity contribution >= 4 is 8.32 Å². The van der Waals surface area contributed by atoms with Gasteiger partial charge in [0.15, 0.2) is 8.32 Å². The van der Waals surface area contributed by atoms with E-state index < -0.39 is 14.4 Å². The second-order valence-corrected chi connectivity index (χ2v) is 16.5. The van der Waals surface area contributed by atoms with Gasteiger partial charge in [0.2, 0.25) is 0 Å². The minimum Gasteiger partial charge on any atom is -0.414 e. The molecule has 5 atom stereocenters. The Balaban J connectivity index is 2.37. The van der Waals surface area contributed by atoms with E-state index in [0.717, 1.165) is 12.8 Å². The molecular weight excluding hydrogens is 340 g/mol. The summed E-state index contributed by atoms with van der Waals surface area (Å²) in [5, 5.41) is 19.9. The van der Waals surface area contributed by atoms with Crippen LogP contribution in [0.15, 0.2) is 0 Å². The van der Waals surface area contributed by atoms with Gasteiger partial charge in [-0.15, -0.1) is 0 Å². The molecule has 2 aliphatic rings. The van der Waals surface area contributed by atoms with Crippen LogP contribution in [0.4, 0.5) is 0 Å². The van der Waals surface area contributed by atoms with Crippen LogP contribution in [0.3, 0.4) is 0 Å². The standard InChI is InChI=1S/C22H44O3Si/c1-19(2,3)26(8,9)25-18-11-10-12-22(7)20(4,5)17(18)14-21(22,6)13-16(24)15-23/h16-18,23-24H,10-15H2,1-9H3/t16-,17-,18+,21+,22+/m0/s1. The molecule has 154 valence electrons. The first-order valence-corrected chi connectivity index (χ1v) is 13.5. The van der Waals surface area contributed by atoms with Gasteiger partial charge in [0.25, 0.3) is 0 Å². The van der Waals surface area contributed by atoms with Crippen LogP contribution >= 0.6 is 0 Å². The zero-order valence-corrected chi connectivity index (χ0v) is 19.8. The maximum Gasteiger partial charge on any atom is 0.192 e. The van der Waals surface area contributed by atoms with Crippen molar-refractivity contribution in [2.75, 3.05) is 6.61 Å². The zero-order valence-electron chi connectivity index (χ0n) is 18.8. The summed E-state index contributed by atoms with van der Waals surface area (Å²) < 4.78 is 6.99. The van der Waals surface area contributed by atoms with Crippen LogP contribution in [0.2, 0.25) is 18.1 Å². The molecule has 2 N–H and O–H groups in total. The molecule has 3 nitrogen and oxygen atoms in total. The summed E-state index contributed by atoms with van der Waals surface area (Å²) in [6.45, 7) is 21.2. The molecule has 2 aliphatic carbocycles. The molecule has 2 bridgehead atoms. The first-order valence-electron chi connectivity index (χ1n) is 10.6. The minimum absolute atomic E-state index is 0.0405. The topological polar surface area (TPSA) is 49.7 Å². The Morgan fingerprint density at radius 3 is 2.23 bits per heavy atom. The minimum atomic E-state index is -1.82. The SMILES string of the molecule is CC1(C)[C@H]2C[C@@](C)(C[C@H](O)CO)[C@]1(C)CCC[C@H]2O[Si](C)(C)C(C)(C)C. The summed E-state index contributed by atoms with van der Waals surface area (Å²) in [4.78, 5) is 0. The van der Waals surface area contributed by atoms with Crippen molar-refractivity contribution in [3.05, 3.63) is 0 Å². The van der Waals surface area contributed by atoms with Gasteiger partial charge < -0.3 is 14.6 Å². The van der Waals surface area contributed by atoms with Crippen molar-refractivity contribution in [2.24, 2.45) is 22.2 Å². The molecule has 4 heteroatoms. The van der Waals surface area contributed by atoms with Crippen LogP contribution in [0.25, 0.3) is 0 Å². The van der Waals surface area contributed by atoms with Crippen molar-refractivity contribution in [1.29, 1.82) is 0 Å². The molecule has 0 amide bonds. The average molecular weight is 385 g/mol. The second-order valence-electron chi connectivity index (χ2n) is 11.8. The summed E-state index contributed by atoms with van der Waals surface area (Å²) in [6, 6.07) is 0. The fourth-order valence-corrected chi connectivity index (χ4v) is 7.21. The highest BCUT2D eigenvalue weighted by Gasteiger charge is 2.65. The van der Waals surface area contributed by atoms with Crippen LogP contribution in [-0.2, 0) is 4.43 Å². The Bertz CT molecular complexity index is 510. The molecule has 2 rings (SSSR count). The Morgan fingerprint density at radius 2 is 1.73 bits per heavy atom. The number of aliphatic hydroxyl groups is 2. The van der Waals surface area contributed by atoms with Gasteiger partial charge in [0.05, 0.1) is 12.7 Å². The van der Waals surface area contributed by atoms with Gasteiger partial charge in [-0.1, -0.05) is 54.9 Å². The Morgan fingerprint density at radius 1 is 1.15 bits per heavy atom. The van der Waals surface area contributed by atoms with Crippen molar-refractivity contribution in [3.63, 3.8) is 0 Å². The van der Waals surface area contributed by atoms with Gasteiger partial charge in [0, 0.05) is 6.10 Å². The molecule has 0 heterocycles. The van der Waals surface area contributed by atoms with E-state index in [2.05, 4.69) is 61.6 Å². The first-order chi connectivity index (χ1) is 11.6. The maximum absolute atomic E-state index is 10.2. The summed E-state index contributed by atoms with van der Waals surface area (Å²) in [6.07, 6.45) is 5.02. The molecule has 0 aromatic carbocycles. The van der Waals surface area contributed by atoms with Crippen molar-refractivity contribution in [3.8, 4) is 0 Å². The molecule has 0 unspecified atom stereocenters. The molecule has 2 fully saturated rings. The molecular formula is C22H44O3Si. The van der Waals surface area contributed by atoms with E-state index in [9.17, 15) is 10.2 Å². The van der Waals surface area contributed by atoms with Gasteiger partial charge in [-0.2, -0.15) is 0 Å². The smallest absolute Gasteiger partial charge is 0.192 e. The quantitative estimate of drug-likeness (QED) is 0.627. The number of hydrogen-bond acceptors (Lipinski definition) is 3. The van der Waals surface area contributed by atoms with Crippen molar-refractivity contribution in [2.45, 2.75) is 111 Å². The maximum atomic E-state index is 10.2. The van der Waals surface area contributed by atoms with Crippen molar-refractivity contribution in [1.82, 2.24) is 0 Å². The third-order valence-corrected chi connectivity index (χ3v) is 13.6. The fourth-order valence-electron chi connectivity index (χ4n) is 5.82. The average Bonchev–Trinajstić information content (AvgIpc) is 2.56. The van der Waals surface area contributed by atoms with Crippen LogP contribution < -0.4 is 0 Å². The number of hydrogen-bond donors (Lipinski definition) is 2. The molecule has 2 saturated carbocycles. The Hall–Kier alpha value is 0.0969. The number of fused-ring (bicyclic) bond motifs is 2. The van der Waals surface area contributed by atoms with Crippen LogP contribution in [0, 0.1) is 22.2 Å². The van der Waals surface area contributed by atoms with E-state index in [-0.39, 0.29) is 27.9 Å². The number of rotatable bonds is 5. The lowest BCUT2D eigenvalue weighted by molar-refractivity contribution is -0.0393. The summed E-state index contributed by atoms with van der Waals surface area (Å²) in [5.41, 5.74) is 0.367. The van der Waals surface area contributed by atoms with E-state index in [0.29, 0.717) is 18.4 Å². The normalized spacial score (nSPS) is 38.9. The van der Waals surface area contributed by atoms with Crippen LogP contribution in [0.5, 0.6) is 0 Å². The highest BCUT2D eigenvalue weighted by Crippen LogP contribution is 2.71. The zero-order chi connectivity index (χ0) is 20.2. The van der Waals surface area contributed by atoms with Gasteiger partial charge in [-0.25, -0.2) is 0 Å². The van der Waals surface area contributed by atoms with Crippen LogP contribution in [-0.4, -0.2) is 37.3 Å².